The lowest BCUT2D eigenvalue weighted by molar-refractivity contribution is -0.130. The van der Waals surface area contributed by atoms with E-state index in [9.17, 15) is 9.90 Å². The summed E-state index contributed by atoms with van der Waals surface area (Å²) in [5, 5.41) is 14.5. The molecule has 0 bridgehead atoms. The van der Waals surface area contributed by atoms with E-state index < -0.39 is 0 Å². The lowest BCUT2D eigenvalue weighted by Gasteiger charge is -2.35. The van der Waals surface area contributed by atoms with Crippen molar-refractivity contribution >= 4 is 22.6 Å². The van der Waals surface area contributed by atoms with Gasteiger partial charge in [0.05, 0.1) is 11.1 Å². The summed E-state index contributed by atoms with van der Waals surface area (Å²) in [4.78, 5) is 24.5. The second kappa shape index (κ2) is 8.74. The molecule has 2 atom stereocenters. The number of hydrogen-bond acceptors (Lipinski definition) is 6. The normalized spacial score (nSPS) is 21.1. The van der Waals surface area contributed by atoms with Gasteiger partial charge in [0.2, 0.25) is 5.91 Å². The number of phenols is 1. The molecule has 3 heterocycles. The summed E-state index contributed by atoms with van der Waals surface area (Å²) in [6, 6.07) is 13.4. The maximum Gasteiger partial charge on any atom is 0.249 e. The van der Waals surface area contributed by atoms with E-state index in [0.29, 0.717) is 24.5 Å². The number of aromatic nitrogens is 2. The Kier molecular flexibility index (Phi) is 5.66. The van der Waals surface area contributed by atoms with Crippen molar-refractivity contribution in [2.24, 2.45) is 0 Å². The number of para-hydroxylation sites is 1. The zero-order chi connectivity index (χ0) is 22.1. The van der Waals surface area contributed by atoms with Gasteiger partial charge in [-0.1, -0.05) is 18.2 Å². The van der Waals surface area contributed by atoms with Crippen molar-refractivity contribution in [2.45, 2.75) is 44.8 Å². The molecule has 0 unspecified atom stereocenters. The number of amides is 1. The Hall–Kier alpha value is -3.19. The van der Waals surface area contributed by atoms with Gasteiger partial charge in [-0.15, -0.1) is 0 Å². The molecule has 2 N–H and O–H groups in total. The Bertz CT molecular complexity index is 1140. The number of nitrogens with zero attached hydrogens (tertiary/aromatic N) is 3. The zero-order valence-electron chi connectivity index (χ0n) is 18.3. The summed E-state index contributed by atoms with van der Waals surface area (Å²) < 4.78 is 5.54. The zero-order valence-corrected chi connectivity index (χ0v) is 18.3. The van der Waals surface area contributed by atoms with Crippen LogP contribution < -0.4 is 10.2 Å². The summed E-state index contributed by atoms with van der Waals surface area (Å²) in [5.41, 5.74) is 2.57. The highest BCUT2D eigenvalue weighted by atomic mass is 16.5. The van der Waals surface area contributed by atoms with Crippen molar-refractivity contribution in [3.05, 3.63) is 48.0 Å². The van der Waals surface area contributed by atoms with E-state index in [-0.39, 0.29) is 23.8 Å². The van der Waals surface area contributed by atoms with Crippen LogP contribution in [0.2, 0.25) is 0 Å². The number of piperidine rings is 1. The molecule has 2 aliphatic rings. The number of anilines is 1. The van der Waals surface area contributed by atoms with Crippen LogP contribution in [0.1, 0.15) is 31.2 Å². The highest BCUT2D eigenvalue weighted by Gasteiger charge is 2.29. The van der Waals surface area contributed by atoms with E-state index in [2.05, 4.69) is 22.3 Å². The lowest BCUT2D eigenvalue weighted by Crippen LogP contribution is -2.50. The minimum atomic E-state index is -0.319. The van der Waals surface area contributed by atoms with Gasteiger partial charge in [-0.25, -0.2) is 9.97 Å². The molecule has 1 aromatic heterocycles. The number of rotatable bonds is 4. The number of hydrogen-bond donors (Lipinski definition) is 2. The highest BCUT2D eigenvalue weighted by Crippen LogP contribution is 2.33. The van der Waals surface area contributed by atoms with Crippen LogP contribution in [0.15, 0.2) is 42.5 Å². The third-order valence-electron chi connectivity index (χ3n) is 6.27. The highest BCUT2D eigenvalue weighted by molar-refractivity contribution is 5.92. The van der Waals surface area contributed by atoms with E-state index in [1.807, 2.05) is 25.1 Å². The summed E-state index contributed by atoms with van der Waals surface area (Å²) in [6.45, 7) is 4.24. The van der Waals surface area contributed by atoms with Crippen molar-refractivity contribution < 1.29 is 14.6 Å². The Morgan fingerprint density at radius 1 is 1.16 bits per heavy atom. The minimum absolute atomic E-state index is 0.00702. The number of benzene rings is 2. The number of phenolic OH excluding ortho intramolecular Hbond substituents is 1. The predicted molar refractivity (Wildman–Crippen MR) is 124 cm³/mol. The second-order valence-electron chi connectivity index (χ2n) is 8.70. The minimum Gasteiger partial charge on any atom is -0.507 e. The van der Waals surface area contributed by atoms with E-state index in [4.69, 9.17) is 14.7 Å². The van der Waals surface area contributed by atoms with E-state index in [0.717, 1.165) is 54.5 Å². The Balaban J connectivity index is 1.48. The molecule has 0 spiro atoms. The van der Waals surface area contributed by atoms with Crippen LogP contribution in [-0.2, 0) is 9.53 Å². The molecule has 5 rings (SSSR count). The van der Waals surface area contributed by atoms with Crippen LogP contribution in [0, 0.1) is 6.92 Å². The first kappa shape index (κ1) is 20.7. The van der Waals surface area contributed by atoms with Gasteiger partial charge < -0.3 is 20.1 Å². The number of ether oxygens (including phenoxy) is 1. The first-order valence-electron chi connectivity index (χ1n) is 11.3. The maximum absolute atomic E-state index is 12.6. The van der Waals surface area contributed by atoms with Gasteiger partial charge >= 0.3 is 0 Å². The number of carbonyl (C=O) groups is 1. The summed E-state index contributed by atoms with van der Waals surface area (Å²) in [7, 11) is 0. The van der Waals surface area contributed by atoms with Crippen molar-refractivity contribution in [2.75, 3.05) is 24.6 Å². The van der Waals surface area contributed by atoms with Gasteiger partial charge in [-0.05, 0) is 62.4 Å². The van der Waals surface area contributed by atoms with Crippen LogP contribution in [0.4, 0.5) is 5.82 Å². The van der Waals surface area contributed by atoms with Crippen LogP contribution in [-0.4, -0.2) is 52.8 Å². The van der Waals surface area contributed by atoms with Crippen LogP contribution in [0.3, 0.4) is 0 Å². The Morgan fingerprint density at radius 2 is 2.03 bits per heavy atom. The molecule has 7 nitrogen and oxygen atoms in total. The molecule has 3 aromatic rings. The molecule has 2 fully saturated rings. The molecule has 0 radical (unpaired) electrons. The fourth-order valence-corrected chi connectivity index (χ4v) is 4.61. The largest absolute Gasteiger partial charge is 0.507 e. The average Bonchev–Trinajstić information content (AvgIpc) is 3.34. The molecule has 7 heteroatoms. The average molecular weight is 433 g/mol. The van der Waals surface area contributed by atoms with Crippen molar-refractivity contribution in [1.82, 2.24) is 15.3 Å². The number of fused-ring (bicyclic) bond motifs is 1. The first-order valence-corrected chi connectivity index (χ1v) is 11.3. The molecular formula is C25H28N4O3. The van der Waals surface area contributed by atoms with E-state index in [1.54, 1.807) is 12.1 Å². The standard InChI is InChI=1S/C25H28N4O3/c1-16-10-11-18-20(14-16)27-23(19-7-2-3-8-21(19)30)28-24(18)29-12-4-6-17(15-29)26-25(31)22-9-5-13-32-22/h2-3,7-8,10-11,14,17,22,30H,4-6,9,12-13,15H2,1H3,(H,26,31)/t17-,22+/m0/s1. The summed E-state index contributed by atoms with van der Waals surface area (Å²) >= 11 is 0. The summed E-state index contributed by atoms with van der Waals surface area (Å²) in [6.07, 6.45) is 3.31. The van der Waals surface area contributed by atoms with Crippen molar-refractivity contribution in [3.8, 4) is 17.1 Å². The fourth-order valence-electron chi connectivity index (χ4n) is 4.61. The first-order chi connectivity index (χ1) is 15.6. The summed E-state index contributed by atoms with van der Waals surface area (Å²) in [5.74, 6) is 1.49. The number of nitrogens with one attached hydrogen (secondary N) is 1. The van der Waals surface area contributed by atoms with Crippen molar-refractivity contribution in [1.29, 1.82) is 0 Å². The van der Waals surface area contributed by atoms with E-state index >= 15 is 0 Å². The van der Waals surface area contributed by atoms with Gasteiger partial charge in [0.15, 0.2) is 5.82 Å². The molecule has 32 heavy (non-hydrogen) atoms. The lowest BCUT2D eigenvalue weighted by atomic mass is 10.0. The van der Waals surface area contributed by atoms with Gasteiger partial charge in [0.1, 0.15) is 17.7 Å². The third-order valence-corrected chi connectivity index (χ3v) is 6.27. The van der Waals surface area contributed by atoms with Crippen LogP contribution in [0.25, 0.3) is 22.3 Å². The van der Waals surface area contributed by atoms with Gasteiger partial charge in [-0.2, -0.15) is 0 Å². The molecule has 1 amide bonds. The van der Waals surface area contributed by atoms with E-state index in [1.165, 1.54) is 0 Å². The number of aryl methyl sites for hydroxylation is 1. The Morgan fingerprint density at radius 3 is 2.84 bits per heavy atom. The maximum atomic E-state index is 12.6. The van der Waals surface area contributed by atoms with Crippen LogP contribution >= 0.6 is 0 Å². The third kappa shape index (κ3) is 4.12. The molecular weight excluding hydrogens is 404 g/mol. The predicted octanol–water partition coefficient (Wildman–Crippen LogP) is 3.57. The fraction of sp³-hybridized carbons (Fsp3) is 0.400. The molecule has 166 valence electrons. The monoisotopic (exact) mass is 432 g/mol. The quantitative estimate of drug-likeness (QED) is 0.655. The van der Waals surface area contributed by atoms with Gasteiger partial charge in [0.25, 0.3) is 0 Å². The Labute approximate surface area is 187 Å². The second-order valence-corrected chi connectivity index (χ2v) is 8.70. The number of aromatic hydroxyl groups is 1. The van der Waals surface area contributed by atoms with Crippen molar-refractivity contribution in [3.63, 3.8) is 0 Å². The molecule has 2 aromatic carbocycles. The van der Waals surface area contributed by atoms with Gasteiger partial charge in [0, 0.05) is 31.1 Å². The molecule has 0 aliphatic carbocycles. The van der Waals surface area contributed by atoms with Gasteiger partial charge in [-0.3, -0.25) is 4.79 Å². The SMILES string of the molecule is Cc1ccc2c(N3CCC[C@H](NC(=O)[C@H]4CCCO4)C3)nc(-c3ccccc3O)nc2c1. The molecule has 2 saturated heterocycles. The molecule has 0 saturated carbocycles. The molecule has 2 aliphatic heterocycles. The topological polar surface area (TPSA) is 87.6 Å². The number of carbonyl (C=O) groups excluding carboxylic acids is 1. The smallest absolute Gasteiger partial charge is 0.249 e. The van der Waals surface area contributed by atoms with Crippen LogP contribution in [0.5, 0.6) is 5.75 Å².